The van der Waals surface area contributed by atoms with Crippen molar-refractivity contribution < 1.29 is 9.53 Å². The summed E-state index contributed by atoms with van der Waals surface area (Å²) in [6.07, 6.45) is 1.81. The van der Waals surface area contributed by atoms with Crippen LogP contribution in [0.25, 0.3) is 0 Å². The summed E-state index contributed by atoms with van der Waals surface area (Å²) in [5.41, 5.74) is 1.33. The van der Waals surface area contributed by atoms with Gasteiger partial charge in [0, 0.05) is 38.0 Å². The Labute approximate surface area is 128 Å². The minimum absolute atomic E-state index is 0.231. The van der Waals surface area contributed by atoms with Gasteiger partial charge in [0.2, 0.25) is 5.91 Å². The number of carbonyl (C=O) groups excluding carboxylic acids is 1. The number of carbonyl (C=O) groups is 1. The summed E-state index contributed by atoms with van der Waals surface area (Å²) in [5, 5.41) is 0. The molecule has 1 aromatic rings. The minimum atomic E-state index is 0.231. The standard InChI is InChI=1S/C18H27NO2/c1-4-17(21-6-3)16-13-19(18(20)5-2)12-15(16)14-10-8-7-9-11-14/h7-11,15-17H,4-6,12-13H2,1-3H3/t15-,16+,17+/m1/s1. The highest BCUT2D eigenvalue weighted by atomic mass is 16.5. The summed E-state index contributed by atoms with van der Waals surface area (Å²) < 4.78 is 5.95. The summed E-state index contributed by atoms with van der Waals surface area (Å²) in [6.45, 7) is 8.54. The van der Waals surface area contributed by atoms with Crippen molar-refractivity contribution >= 4 is 5.91 Å². The second kappa shape index (κ2) is 7.60. The number of nitrogens with zero attached hydrogens (tertiary/aromatic N) is 1. The van der Waals surface area contributed by atoms with E-state index in [-0.39, 0.29) is 12.0 Å². The Morgan fingerprint density at radius 2 is 1.95 bits per heavy atom. The van der Waals surface area contributed by atoms with Gasteiger partial charge in [-0.05, 0) is 18.9 Å². The van der Waals surface area contributed by atoms with Crippen LogP contribution in [-0.2, 0) is 9.53 Å². The van der Waals surface area contributed by atoms with Crippen LogP contribution in [0.3, 0.4) is 0 Å². The number of rotatable bonds is 6. The highest BCUT2D eigenvalue weighted by molar-refractivity contribution is 5.76. The number of benzene rings is 1. The molecule has 3 nitrogen and oxygen atoms in total. The average Bonchev–Trinajstić information content (AvgIpc) is 2.97. The van der Waals surface area contributed by atoms with E-state index in [0.717, 1.165) is 26.1 Å². The zero-order valence-corrected chi connectivity index (χ0v) is 13.4. The average molecular weight is 289 g/mol. The van der Waals surface area contributed by atoms with Gasteiger partial charge in [0.05, 0.1) is 6.10 Å². The molecule has 0 saturated carbocycles. The van der Waals surface area contributed by atoms with Crippen LogP contribution in [0, 0.1) is 5.92 Å². The van der Waals surface area contributed by atoms with Gasteiger partial charge in [-0.15, -0.1) is 0 Å². The number of hydrogen-bond donors (Lipinski definition) is 0. The molecule has 0 unspecified atom stereocenters. The van der Waals surface area contributed by atoms with Gasteiger partial charge in [-0.25, -0.2) is 0 Å². The van der Waals surface area contributed by atoms with Crippen molar-refractivity contribution in [2.24, 2.45) is 5.92 Å². The lowest BCUT2D eigenvalue weighted by molar-refractivity contribution is -0.130. The third kappa shape index (κ3) is 3.65. The molecule has 1 fully saturated rings. The Morgan fingerprint density at radius 1 is 1.24 bits per heavy atom. The molecule has 116 valence electrons. The first-order valence-corrected chi connectivity index (χ1v) is 8.15. The number of hydrogen-bond acceptors (Lipinski definition) is 2. The normalized spacial score (nSPS) is 23.3. The summed E-state index contributed by atoms with van der Waals surface area (Å²) in [5.74, 6) is 1.04. The van der Waals surface area contributed by atoms with E-state index in [9.17, 15) is 4.79 Å². The smallest absolute Gasteiger partial charge is 0.222 e. The molecule has 1 aromatic carbocycles. The molecule has 1 aliphatic heterocycles. The van der Waals surface area contributed by atoms with Crippen LogP contribution in [0.2, 0.25) is 0 Å². The summed E-state index contributed by atoms with van der Waals surface area (Å²) in [4.78, 5) is 14.1. The van der Waals surface area contributed by atoms with Gasteiger partial charge in [0.15, 0.2) is 0 Å². The van der Waals surface area contributed by atoms with Crippen molar-refractivity contribution in [1.29, 1.82) is 0 Å². The molecular weight excluding hydrogens is 262 g/mol. The van der Waals surface area contributed by atoms with Crippen molar-refractivity contribution in [3.8, 4) is 0 Å². The molecule has 3 heteroatoms. The fourth-order valence-electron chi connectivity index (χ4n) is 3.44. The van der Waals surface area contributed by atoms with Gasteiger partial charge in [-0.1, -0.05) is 44.2 Å². The van der Waals surface area contributed by atoms with Gasteiger partial charge in [0.1, 0.15) is 0 Å². The van der Waals surface area contributed by atoms with E-state index >= 15 is 0 Å². The summed E-state index contributed by atoms with van der Waals surface area (Å²) in [6, 6.07) is 10.6. The van der Waals surface area contributed by atoms with Crippen molar-refractivity contribution in [3.63, 3.8) is 0 Å². The van der Waals surface area contributed by atoms with E-state index in [1.54, 1.807) is 0 Å². The maximum absolute atomic E-state index is 12.1. The Bertz CT molecular complexity index is 446. The second-order valence-electron chi connectivity index (χ2n) is 5.74. The third-order valence-corrected chi connectivity index (χ3v) is 4.51. The monoisotopic (exact) mass is 289 g/mol. The highest BCUT2D eigenvalue weighted by Crippen LogP contribution is 2.37. The third-order valence-electron chi connectivity index (χ3n) is 4.51. The van der Waals surface area contributed by atoms with Crippen LogP contribution in [0.4, 0.5) is 0 Å². The predicted molar refractivity (Wildman–Crippen MR) is 85.2 cm³/mol. The van der Waals surface area contributed by atoms with Crippen LogP contribution in [-0.4, -0.2) is 36.6 Å². The van der Waals surface area contributed by atoms with Gasteiger partial charge in [0.25, 0.3) is 0 Å². The zero-order chi connectivity index (χ0) is 15.2. The van der Waals surface area contributed by atoms with Crippen LogP contribution in [0.5, 0.6) is 0 Å². The molecule has 0 spiro atoms. The van der Waals surface area contributed by atoms with Crippen molar-refractivity contribution in [1.82, 2.24) is 4.90 Å². The first-order chi connectivity index (χ1) is 10.2. The zero-order valence-electron chi connectivity index (χ0n) is 13.4. The summed E-state index contributed by atoms with van der Waals surface area (Å²) in [7, 11) is 0. The molecule has 1 saturated heterocycles. The second-order valence-corrected chi connectivity index (χ2v) is 5.74. The molecular formula is C18H27NO2. The Morgan fingerprint density at radius 3 is 2.52 bits per heavy atom. The molecule has 2 rings (SSSR count). The van der Waals surface area contributed by atoms with Crippen LogP contribution >= 0.6 is 0 Å². The number of amides is 1. The van der Waals surface area contributed by atoms with Crippen LogP contribution in [0.1, 0.15) is 45.1 Å². The first kappa shape index (κ1) is 16.0. The fourth-order valence-corrected chi connectivity index (χ4v) is 3.44. The summed E-state index contributed by atoms with van der Waals surface area (Å²) >= 11 is 0. The van der Waals surface area contributed by atoms with Gasteiger partial charge in [-0.3, -0.25) is 4.79 Å². The SMILES string of the molecule is CCO[C@@H](CC)[C@H]1CN(C(=O)CC)C[C@@H]1c1ccccc1. The highest BCUT2D eigenvalue weighted by Gasteiger charge is 2.39. The molecule has 0 N–H and O–H groups in total. The van der Waals surface area contributed by atoms with E-state index < -0.39 is 0 Å². The molecule has 0 bridgehead atoms. The van der Waals surface area contributed by atoms with Gasteiger partial charge in [-0.2, -0.15) is 0 Å². The van der Waals surface area contributed by atoms with Crippen LogP contribution < -0.4 is 0 Å². The van der Waals surface area contributed by atoms with Gasteiger partial charge < -0.3 is 9.64 Å². The quantitative estimate of drug-likeness (QED) is 0.802. The van der Waals surface area contributed by atoms with Gasteiger partial charge >= 0.3 is 0 Å². The fraction of sp³-hybridized carbons (Fsp3) is 0.611. The van der Waals surface area contributed by atoms with Crippen molar-refractivity contribution in [2.75, 3.05) is 19.7 Å². The van der Waals surface area contributed by atoms with E-state index in [0.29, 0.717) is 18.3 Å². The van der Waals surface area contributed by atoms with Crippen molar-refractivity contribution in [3.05, 3.63) is 35.9 Å². The van der Waals surface area contributed by atoms with Crippen LogP contribution in [0.15, 0.2) is 30.3 Å². The maximum Gasteiger partial charge on any atom is 0.222 e. The topological polar surface area (TPSA) is 29.5 Å². The van der Waals surface area contributed by atoms with E-state index in [4.69, 9.17) is 4.74 Å². The van der Waals surface area contributed by atoms with E-state index in [2.05, 4.69) is 31.2 Å². The molecule has 0 aromatic heterocycles. The molecule has 1 heterocycles. The first-order valence-electron chi connectivity index (χ1n) is 8.15. The molecule has 1 amide bonds. The minimum Gasteiger partial charge on any atom is -0.378 e. The Hall–Kier alpha value is -1.35. The molecule has 0 radical (unpaired) electrons. The van der Waals surface area contributed by atoms with E-state index in [1.807, 2.05) is 24.8 Å². The molecule has 0 aliphatic carbocycles. The molecule has 21 heavy (non-hydrogen) atoms. The van der Waals surface area contributed by atoms with E-state index in [1.165, 1.54) is 5.56 Å². The lowest BCUT2D eigenvalue weighted by Crippen LogP contribution is -2.31. The largest absolute Gasteiger partial charge is 0.378 e. The predicted octanol–water partition coefficient (Wildman–Crippen LogP) is 3.45. The Balaban J connectivity index is 2.23. The number of ether oxygens (including phenoxy) is 1. The Kier molecular flexibility index (Phi) is 5.80. The molecule has 1 aliphatic rings. The molecule has 3 atom stereocenters. The van der Waals surface area contributed by atoms with Crippen molar-refractivity contribution in [2.45, 2.75) is 45.6 Å². The lowest BCUT2D eigenvalue weighted by Gasteiger charge is -2.27. The maximum atomic E-state index is 12.1. The number of likely N-dealkylation sites (tertiary alicyclic amines) is 1. The lowest BCUT2D eigenvalue weighted by atomic mass is 9.84.